The molecule has 4 heterocycles. The number of nitrogens with zero attached hydrogens (tertiary/aromatic N) is 1. The van der Waals surface area contributed by atoms with E-state index < -0.39 is 6.09 Å². The lowest BCUT2D eigenvalue weighted by atomic mass is 9.96. The number of morpholine rings is 1. The van der Waals surface area contributed by atoms with Crippen LogP contribution in [0.5, 0.6) is 0 Å². The summed E-state index contributed by atoms with van der Waals surface area (Å²) in [5.74, 6) is -0.333. The van der Waals surface area contributed by atoms with Gasteiger partial charge in [0.2, 0.25) is 0 Å². The molecule has 1 unspecified atom stereocenters. The van der Waals surface area contributed by atoms with Crippen molar-refractivity contribution in [2.24, 2.45) is 0 Å². The number of likely N-dealkylation sites (N-methyl/N-ethyl adjacent to an activating group) is 1. The maximum atomic E-state index is 13.7. The number of quaternary nitrogens is 1. The zero-order valence-electron chi connectivity index (χ0n) is 15.2. The molecule has 0 radical (unpaired) electrons. The van der Waals surface area contributed by atoms with Crippen molar-refractivity contribution in [1.29, 1.82) is 0 Å². The molecule has 7 heteroatoms. The van der Waals surface area contributed by atoms with Crippen molar-refractivity contribution < 1.29 is 23.1 Å². The summed E-state index contributed by atoms with van der Waals surface area (Å²) in [7, 11) is 4.49. The average molecular weight is 389 g/mol. The first kappa shape index (κ1) is 17.2. The predicted molar refractivity (Wildman–Crippen MR) is 101 cm³/mol. The average Bonchev–Trinajstić information content (AvgIpc) is 3.17. The predicted octanol–water partition coefficient (Wildman–Crippen LogP) is 3.86. The fraction of sp³-hybridized carbons (Fsp3) is 0.450. The Hall–Kier alpha value is -1.96. The number of nitrogens with one attached hydrogen (secondary N) is 1. The molecular weight excluding hydrogens is 367 g/mol. The van der Waals surface area contributed by atoms with E-state index in [1.165, 1.54) is 23.5 Å². The van der Waals surface area contributed by atoms with Crippen LogP contribution in [0, 0.1) is 5.82 Å². The van der Waals surface area contributed by atoms with Gasteiger partial charge in [0, 0.05) is 23.3 Å². The Morgan fingerprint density at radius 3 is 2.67 bits per heavy atom. The zero-order chi connectivity index (χ0) is 18.8. The van der Waals surface area contributed by atoms with Crippen LogP contribution >= 0.6 is 11.3 Å². The highest BCUT2D eigenvalue weighted by Crippen LogP contribution is 2.51. The molecular formula is C20H22FN2O3S+. The number of rotatable bonds is 3. The maximum Gasteiger partial charge on any atom is 0.411 e. The van der Waals surface area contributed by atoms with Crippen LogP contribution in [0.15, 0.2) is 35.7 Å². The molecule has 2 bridgehead atoms. The van der Waals surface area contributed by atoms with Crippen molar-refractivity contribution in [2.45, 2.75) is 43.2 Å². The Labute approximate surface area is 161 Å². The van der Waals surface area contributed by atoms with Crippen molar-refractivity contribution in [1.82, 2.24) is 0 Å². The molecule has 3 aliphatic heterocycles. The van der Waals surface area contributed by atoms with E-state index in [2.05, 4.69) is 19.4 Å². The quantitative estimate of drug-likeness (QED) is 0.641. The summed E-state index contributed by atoms with van der Waals surface area (Å²) >= 11 is 1.50. The van der Waals surface area contributed by atoms with Crippen LogP contribution in [0.1, 0.15) is 12.8 Å². The van der Waals surface area contributed by atoms with E-state index in [9.17, 15) is 9.18 Å². The van der Waals surface area contributed by atoms with Crippen LogP contribution in [0.3, 0.4) is 0 Å². The molecule has 0 saturated carbocycles. The SMILES string of the molecule is C[N+]1(C)[C@@H]2CC(OC(=O)Nc3ccc(F)cc3-c3cccs3)C[C@H]1[C@@H]1O[C@@H]12. The Morgan fingerprint density at radius 2 is 2.00 bits per heavy atom. The minimum absolute atomic E-state index is 0.104. The van der Waals surface area contributed by atoms with Crippen molar-refractivity contribution in [3.05, 3.63) is 41.5 Å². The van der Waals surface area contributed by atoms with E-state index in [4.69, 9.17) is 9.47 Å². The van der Waals surface area contributed by atoms with Crippen LogP contribution < -0.4 is 5.32 Å². The van der Waals surface area contributed by atoms with Crippen LogP contribution in [0.25, 0.3) is 10.4 Å². The van der Waals surface area contributed by atoms with E-state index in [1.807, 2.05) is 17.5 Å². The smallest absolute Gasteiger partial charge is 0.411 e. The van der Waals surface area contributed by atoms with Crippen molar-refractivity contribution >= 4 is 23.1 Å². The van der Waals surface area contributed by atoms with Crippen molar-refractivity contribution in [3.8, 4) is 10.4 Å². The summed E-state index contributed by atoms with van der Waals surface area (Å²) in [6.45, 7) is 0. The van der Waals surface area contributed by atoms with Gasteiger partial charge in [-0.15, -0.1) is 11.3 Å². The number of hydrogen-bond donors (Lipinski definition) is 1. The molecule has 1 N–H and O–H groups in total. The number of hydrogen-bond acceptors (Lipinski definition) is 4. The van der Waals surface area contributed by atoms with Crippen molar-refractivity contribution in [3.63, 3.8) is 0 Å². The summed E-state index contributed by atoms with van der Waals surface area (Å²) in [6.07, 6.45) is 1.70. The van der Waals surface area contributed by atoms with E-state index in [0.717, 1.165) is 22.2 Å². The molecule has 1 aromatic heterocycles. The first-order chi connectivity index (χ1) is 12.9. The molecule has 5 rings (SSSR count). The standard InChI is InChI=1S/C20H21FN2O3S/c1-23(2)15-9-12(10-16(23)19-18(15)26-19)25-20(24)22-14-6-5-11(21)8-13(14)17-4-3-7-27-17/h3-8,12,15-16,18-19H,9-10H2,1-2H3/p+1/t12?,15-,16+,18-,19+. The topological polar surface area (TPSA) is 50.9 Å². The summed E-state index contributed by atoms with van der Waals surface area (Å²) in [4.78, 5) is 13.4. The van der Waals surface area contributed by atoms with E-state index in [-0.39, 0.29) is 11.9 Å². The Morgan fingerprint density at radius 1 is 1.26 bits per heavy atom. The first-order valence-electron chi connectivity index (χ1n) is 9.23. The molecule has 1 amide bonds. The molecule has 27 heavy (non-hydrogen) atoms. The van der Waals surface area contributed by atoms with Gasteiger partial charge in [-0.05, 0) is 29.6 Å². The number of ether oxygens (including phenoxy) is 2. The number of amides is 1. The highest BCUT2D eigenvalue weighted by atomic mass is 32.1. The normalized spacial score (nSPS) is 32.6. The van der Waals surface area contributed by atoms with Gasteiger partial charge in [0.1, 0.15) is 36.2 Å². The number of fused-ring (bicyclic) bond motifs is 5. The fourth-order valence-corrected chi connectivity index (χ4v) is 5.61. The molecule has 142 valence electrons. The second kappa shape index (κ2) is 6.02. The largest absolute Gasteiger partial charge is 0.445 e. The van der Waals surface area contributed by atoms with Crippen LogP contribution in [-0.2, 0) is 9.47 Å². The molecule has 3 fully saturated rings. The Kier molecular flexibility index (Phi) is 3.83. The van der Waals surface area contributed by atoms with Gasteiger partial charge < -0.3 is 14.0 Å². The van der Waals surface area contributed by atoms with Gasteiger partial charge in [0.15, 0.2) is 0 Å². The van der Waals surface area contributed by atoms with E-state index >= 15 is 0 Å². The minimum Gasteiger partial charge on any atom is -0.445 e. The van der Waals surface area contributed by atoms with Gasteiger partial charge in [-0.25, -0.2) is 9.18 Å². The molecule has 3 saturated heterocycles. The molecule has 5 nitrogen and oxygen atoms in total. The van der Waals surface area contributed by atoms with Crippen molar-refractivity contribution in [2.75, 3.05) is 19.4 Å². The zero-order valence-corrected chi connectivity index (χ0v) is 16.0. The van der Waals surface area contributed by atoms with Gasteiger partial charge in [-0.1, -0.05) is 6.07 Å². The molecule has 3 aliphatic rings. The third-order valence-electron chi connectivity index (χ3n) is 6.32. The number of carbonyl (C=O) groups excluding carboxylic acids is 1. The fourth-order valence-electron chi connectivity index (χ4n) is 4.85. The summed E-state index contributed by atoms with van der Waals surface area (Å²) in [5.41, 5.74) is 1.23. The number of benzene rings is 1. The number of thiophene rings is 1. The lowest BCUT2D eigenvalue weighted by Gasteiger charge is -2.45. The number of epoxide rings is 1. The van der Waals surface area contributed by atoms with E-state index in [1.54, 1.807) is 6.07 Å². The number of carbonyl (C=O) groups is 1. The Bertz CT molecular complexity index is 865. The second-order valence-electron chi connectivity index (χ2n) is 8.12. The van der Waals surface area contributed by atoms with E-state index in [0.29, 0.717) is 35.5 Å². The number of anilines is 1. The van der Waals surface area contributed by atoms with Gasteiger partial charge >= 0.3 is 6.09 Å². The first-order valence-corrected chi connectivity index (χ1v) is 10.1. The van der Waals surface area contributed by atoms with Gasteiger partial charge in [-0.3, -0.25) is 5.32 Å². The lowest BCUT2D eigenvalue weighted by molar-refractivity contribution is -0.938. The minimum atomic E-state index is -0.481. The summed E-state index contributed by atoms with van der Waals surface area (Å²) in [6, 6.07) is 8.95. The molecule has 0 aliphatic carbocycles. The third-order valence-corrected chi connectivity index (χ3v) is 7.22. The molecule has 1 aromatic carbocycles. The highest BCUT2D eigenvalue weighted by molar-refractivity contribution is 7.13. The summed E-state index contributed by atoms with van der Waals surface area (Å²) < 4.78 is 26.2. The number of halogens is 1. The number of piperidine rings is 1. The summed E-state index contributed by atoms with van der Waals surface area (Å²) in [5, 5.41) is 4.73. The van der Waals surface area contributed by atoms with Crippen LogP contribution in [-0.4, -0.2) is 55.1 Å². The Balaban J connectivity index is 1.29. The van der Waals surface area contributed by atoms with Crippen LogP contribution in [0.2, 0.25) is 0 Å². The molecule has 5 atom stereocenters. The van der Waals surface area contributed by atoms with Gasteiger partial charge in [0.05, 0.1) is 19.8 Å². The lowest BCUT2D eigenvalue weighted by Crippen LogP contribution is -2.60. The molecule has 0 spiro atoms. The highest BCUT2D eigenvalue weighted by Gasteiger charge is 2.70. The second-order valence-corrected chi connectivity index (χ2v) is 9.07. The monoisotopic (exact) mass is 389 g/mol. The third kappa shape index (κ3) is 2.85. The van der Waals surface area contributed by atoms with Gasteiger partial charge in [0.25, 0.3) is 0 Å². The maximum absolute atomic E-state index is 13.7. The molecule has 2 aromatic rings. The van der Waals surface area contributed by atoms with Gasteiger partial charge in [-0.2, -0.15) is 0 Å². The van der Waals surface area contributed by atoms with Crippen LogP contribution in [0.4, 0.5) is 14.9 Å².